The number of hydrogen-bond acceptors (Lipinski definition) is 2. The van der Waals surface area contributed by atoms with E-state index in [0.29, 0.717) is 5.92 Å². The van der Waals surface area contributed by atoms with Gasteiger partial charge in [-0.3, -0.25) is 0 Å². The molecule has 0 N–H and O–H groups in total. The third kappa shape index (κ3) is 2.67. The Morgan fingerprint density at radius 3 is 2.50 bits per heavy atom. The van der Waals surface area contributed by atoms with E-state index in [1.165, 1.54) is 11.1 Å². The van der Waals surface area contributed by atoms with Gasteiger partial charge in [-0.2, -0.15) is 0 Å². The minimum Gasteiger partial charge on any atom is -0.759 e. The third-order valence-corrected chi connectivity index (χ3v) is 2.98. The molecule has 0 bridgehead atoms. The van der Waals surface area contributed by atoms with Crippen LogP contribution in [0.25, 0.3) is 0 Å². The Labute approximate surface area is 102 Å². The summed E-state index contributed by atoms with van der Waals surface area (Å²) in [7, 11) is 0. The lowest BCUT2D eigenvalue weighted by Gasteiger charge is -2.03. The van der Waals surface area contributed by atoms with Crippen LogP contribution in [-0.2, 0) is 12.6 Å². The monoisotopic (exact) mass is 232 g/mol. The second-order valence-electron chi connectivity index (χ2n) is 4.36. The van der Waals surface area contributed by atoms with E-state index >= 15 is 0 Å². The minimum atomic E-state index is 0.582. The number of nitrogens with zero attached hydrogens (tertiary/aromatic N) is 2. The van der Waals surface area contributed by atoms with Gasteiger partial charge < -0.3 is 12.6 Å². The van der Waals surface area contributed by atoms with Gasteiger partial charge >= 0.3 is 0 Å². The maximum atomic E-state index is 5.04. The van der Waals surface area contributed by atoms with Gasteiger partial charge in [0, 0.05) is 12.0 Å². The number of hydrazone groups is 1. The van der Waals surface area contributed by atoms with Gasteiger partial charge in [0.2, 0.25) is 6.21 Å². The van der Waals surface area contributed by atoms with Crippen molar-refractivity contribution in [2.75, 3.05) is 6.54 Å². The first-order chi connectivity index (χ1) is 7.65. The van der Waals surface area contributed by atoms with Gasteiger partial charge in [-0.15, -0.1) is 0 Å². The summed E-state index contributed by atoms with van der Waals surface area (Å²) in [5.41, 5.74) is 2.55. The average Bonchev–Trinajstić information content (AvgIpc) is 2.65. The molecule has 1 heterocycles. The second-order valence-corrected chi connectivity index (χ2v) is 4.83. The second kappa shape index (κ2) is 4.74. The van der Waals surface area contributed by atoms with Crippen molar-refractivity contribution in [3.8, 4) is 0 Å². The molecule has 1 aromatic rings. The third-order valence-electron chi connectivity index (χ3n) is 2.70. The van der Waals surface area contributed by atoms with Crippen LogP contribution in [0, 0.1) is 0 Å². The van der Waals surface area contributed by atoms with Crippen LogP contribution in [0.4, 0.5) is 0 Å². The number of hydrogen-bond donors (Lipinski definition) is 0. The molecule has 2 nitrogen and oxygen atoms in total. The van der Waals surface area contributed by atoms with Crippen LogP contribution in [0.3, 0.4) is 0 Å². The van der Waals surface area contributed by atoms with Gasteiger partial charge in [0.05, 0.1) is 0 Å². The molecular weight excluding hydrogens is 216 g/mol. The SMILES string of the molecule is CC(C)c1ccc(C=[N+]2CCC([S-])=N2)cc1. The van der Waals surface area contributed by atoms with E-state index in [1.807, 2.05) is 10.9 Å². The quantitative estimate of drug-likeness (QED) is 0.565. The zero-order chi connectivity index (χ0) is 11.5. The van der Waals surface area contributed by atoms with Gasteiger partial charge in [0.15, 0.2) is 6.54 Å². The van der Waals surface area contributed by atoms with Crippen molar-refractivity contribution in [1.82, 2.24) is 0 Å². The Balaban J connectivity index is 2.17. The molecule has 2 rings (SSSR count). The van der Waals surface area contributed by atoms with E-state index in [0.717, 1.165) is 18.0 Å². The molecule has 0 spiro atoms. The molecule has 0 fully saturated rings. The Morgan fingerprint density at radius 1 is 1.31 bits per heavy atom. The topological polar surface area (TPSA) is 15.4 Å². The summed E-state index contributed by atoms with van der Waals surface area (Å²) in [4.78, 5) is 0. The van der Waals surface area contributed by atoms with Gasteiger partial charge in [-0.25, -0.2) is 0 Å². The van der Waals surface area contributed by atoms with Crippen LogP contribution in [-0.4, -0.2) is 22.5 Å². The average molecular weight is 232 g/mol. The lowest BCUT2D eigenvalue weighted by atomic mass is 10.0. The predicted octanol–water partition coefficient (Wildman–Crippen LogP) is 2.51. The van der Waals surface area contributed by atoms with Crippen molar-refractivity contribution in [3.05, 3.63) is 35.4 Å². The van der Waals surface area contributed by atoms with Crippen LogP contribution in [0.15, 0.2) is 29.4 Å². The van der Waals surface area contributed by atoms with Gasteiger partial charge in [0.25, 0.3) is 0 Å². The van der Waals surface area contributed by atoms with Gasteiger partial charge in [-0.05, 0) is 33.8 Å². The van der Waals surface area contributed by atoms with Crippen molar-refractivity contribution in [2.24, 2.45) is 5.10 Å². The Hall–Kier alpha value is -1.22. The standard InChI is InChI=1S/C13H16N2S/c1-10(2)12-5-3-11(4-6-12)9-15-8-7-13(16)14-15/h3-6,9-10H,7-8H2,1-2H3. The maximum absolute atomic E-state index is 5.04. The molecule has 3 heteroatoms. The lowest BCUT2D eigenvalue weighted by molar-refractivity contribution is -0.517. The molecule has 1 aliphatic rings. The van der Waals surface area contributed by atoms with Crippen LogP contribution in [0.1, 0.15) is 37.3 Å². The highest BCUT2D eigenvalue weighted by Crippen LogP contribution is 2.14. The fourth-order valence-corrected chi connectivity index (χ4v) is 1.88. The van der Waals surface area contributed by atoms with E-state index in [1.54, 1.807) is 0 Å². The molecule has 0 unspecified atom stereocenters. The molecule has 84 valence electrons. The largest absolute Gasteiger partial charge is 0.759 e. The van der Waals surface area contributed by atoms with Crippen molar-refractivity contribution in [1.29, 1.82) is 0 Å². The Kier molecular flexibility index (Phi) is 3.34. The predicted molar refractivity (Wildman–Crippen MR) is 70.2 cm³/mol. The Bertz CT molecular complexity index is 430. The lowest BCUT2D eigenvalue weighted by Crippen LogP contribution is -2.02. The smallest absolute Gasteiger partial charge is 0.203 e. The molecule has 0 amide bonds. The Morgan fingerprint density at radius 2 is 2.00 bits per heavy atom. The fraction of sp³-hybridized carbons (Fsp3) is 0.385. The summed E-state index contributed by atoms with van der Waals surface area (Å²) in [6, 6.07) is 8.61. The highest BCUT2D eigenvalue weighted by molar-refractivity contribution is 7.77. The molecule has 16 heavy (non-hydrogen) atoms. The zero-order valence-electron chi connectivity index (χ0n) is 9.68. The first kappa shape index (κ1) is 11.3. The van der Waals surface area contributed by atoms with Crippen LogP contribution < -0.4 is 0 Å². The van der Waals surface area contributed by atoms with Crippen LogP contribution in [0.5, 0.6) is 0 Å². The maximum Gasteiger partial charge on any atom is 0.203 e. The summed E-state index contributed by atoms with van der Waals surface area (Å²) < 4.78 is 1.92. The molecule has 0 saturated carbocycles. The minimum absolute atomic E-state index is 0.582. The van der Waals surface area contributed by atoms with E-state index in [4.69, 9.17) is 12.6 Å². The van der Waals surface area contributed by atoms with Crippen LogP contribution >= 0.6 is 0 Å². The molecule has 0 aromatic heterocycles. The fourth-order valence-electron chi connectivity index (χ4n) is 1.69. The molecule has 0 aliphatic carbocycles. The molecule has 1 aromatic carbocycles. The highest BCUT2D eigenvalue weighted by Gasteiger charge is 2.10. The normalized spacial score (nSPS) is 18.2. The van der Waals surface area contributed by atoms with Crippen molar-refractivity contribution in [2.45, 2.75) is 26.2 Å². The van der Waals surface area contributed by atoms with E-state index < -0.39 is 0 Å². The zero-order valence-corrected chi connectivity index (χ0v) is 10.5. The number of rotatable bonds is 2. The molecule has 0 saturated heterocycles. The van der Waals surface area contributed by atoms with Gasteiger partial charge in [-0.1, -0.05) is 30.7 Å². The first-order valence-corrected chi connectivity index (χ1v) is 6.02. The number of benzene rings is 1. The molecular formula is C13H16N2S. The summed E-state index contributed by atoms with van der Waals surface area (Å²) in [5, 5.41) is 5.05. The summed E-state index contributed by atoms with van der Waals surface area (Å²) in [5.74, 6) is 0.582. The molecule has 0 radical (unpaired) electrons. The van der Waals surface area contributed by atoms with E-state index in [2.05, 4.69) is 43.2 Å². The van der Waals surface area contributed by atoms with Crippen molar-refractivity contribution in [3.63, 3.8) is 0 Å². The van der Waals surface area contributed by atoms with Crippen molar-refractivity contribution < 1.29 is 4.68 Å². The summed E-state index contributed by atoms with van der Waals surface area (Å²) in [6.07, 6.45) is 2.94. The van der Waals surface area contributed by atoms with E-state index in [9.17, 15) is 0 Å². The van der Waals surface area contributed by atoms with E-state index in [-0.39, 0.29) is 0 Å². The summed E-state index contributed by atoms with van der Waals surface area (Å²) in [6.45, 7) is 5.31. The molecule has 1 aliphatic heterocycles. The van der Waals surface area contributed by atoms with Crippen LogP contribution in [0.2, 0.25) is 0 Å². The molecule has 0 atom stereocenters. The highest BCUT2D eigenvalue weighted by atomic mass is 32.1. The first-order valence-electron chi connectivity index (χ1n) is 5.61. The van der Waals surface area contributed by atoms with Gasteiger partial charge in [0.1, 0.15) is 0 Å². The van der Waals surface area contributed by atoms with Crippen molar-refractivity contribution >= 4 is 23.9 Å². The summed E-state index contributed by atoms with van der Waals surface area (Å²) >= 11 is 5.04.